The maximum Gasteiger partial charge on any atom is 0.335 e. The third-order valence-electron chi connectivity index (χ3n) is 4.39. The summed E-state index contributed by atoms with van der Waals surface area (Å²) >= 11 is 5.94. The molecule has 0 fully saturated rings. The largest absolute Gasteiger partial charge is 0.493 e. The van der Waals surface area contributed by atoms with Gasteiger partial charge in [-0.05, 0) is 47.5 Å². The Morgan fingerprint density at radius 1 is 1.07 bits per heavy atom. The second-order valence-electron chi connectivity index (χ2n) is 6.35. The minimum atomic E-state index is -0.981. The van der Waals surface area contributed by atoms with E-state index in [0.717, 1.165) is 11.1 Å². The summed E-state index contributed by atoms with van der Waals surface area (Å²) in [5.74, 6) is 0.0363. The zero-order valence-electron chi connectivity index (χ0n) is 16.1. The van der Waals surface area contributed by atoms with Crippen molar-refractivity contribution in [1.29, 1.82) is 5.26 Å². The van der Waals surface area contributed by atoms with Gasteiger partial charge in [-0.25, -0.2) is 4.79 Å². The summed E-state index contributed by atoms with van der Waals surface area (Å²) < 4.78 is 11.4. The Bertz CT molecular complexity index is 1110. The fraction of sp³-hybridized carbons (Fsp3) is 0.0833. The lowest BCUT2D eigenvalue weighted by molar-refractivity contribution is 0.0697. The van der Waals surface area contributed by atoms with Gasteiger partial charge in [-0.15, -0.1) is 0 Å². The van der Waals surface area contributed by atoms with Crippen molar-refractivity contribution in [2.24, 2.45) is 0 Å². The fourth-order valence-electron chi connectivity index (χ4n) is 2.83. The van der Waals surface area contributed by atoms with Crippen LogP contribution in [0, 0.1) is 11.3 Å². The number of nitrogens with zero attached hydrogens (tertiary/aromatic N) is 1. The van der Waals surface area contributed by atoms with Crippen LogP contribution in [0.2, 0.25) is 5.02 Å². The maximum atomic E-state index is 11.0. The van der Waals surface area contributed by atoms with E-state index in [1.54, 1.807) is 55.7 Å². The molecule has 3 aromatic carbocycles. The average Bonchev–Trinajstić information content (AvgIpc) is 2.77. The minimum Gasteiger partial charge on any atom is -0.493 e. The highest BCUT2D eigenvalue weighted by Gasteiger charge is 2.12. The van der Waals surface area contributed by atoms with Crippen molar-refractivity contribution in [3.05, 3.63) is 94.0 Å². The molecule has 1 N–H and O–H groups in total. The number of benzene rings is 3. The molecule has 0 saturated carbocycles. The molecule has 0 aliphatic heterocycles. The van der Waals surface area contributed by atoms with Crippen LogP contribution >= 0.6 is 11.6 Å². The highest BCUT2D eigenvalue weighted by atomic mass is 35.5. The number of aromatic carboxylic acids is 1. The maximum absolute atomic E-state index is 11.0. The molecule has 0 amide bonds. The molecule has 5 nitrogen and oxygen atoms in total. The van der Waals surface area contributed by atoms with Crippen LogP contribution in [-0.2, 0) is 6.61 Å². The van der Waals surface area contributed by atoms with Crippen molar-refractivity contribution in [1.82, 2.24) is 0 Å². The third kappa shape index (κ3) is 4.99. The standard InChI is InChI=1S/C24H18ClNO4/c1-29-22-4-2-3-19(13-20(14-26)17-9-11-21(25)12-10-17)23(22)30-15-16-5-7-18(8-6-16)24(27)28/h2-13H,15H2,1H3,(H,27,28)/b20-13-. The van der Waals surface area contributed by atoms with Crippen LogP contribution in [0.1, 0.15) is 27.0 Å². The molecular weight excluding hydrogens is 402 g/mol. The zero-order chi connectivity index (χ0) is 21.5. The van der Waals surface area contributed by atoms with Gasteiger partial charge in [-0.2, -0.15) is 5.26 Å². The molecule has 3 aromatic rings. The van der Waals surface area contributed by atoms with Crippen molar-refractivity contribution < 1.29 is 19.4 Å². The van der Waals surface area contributed by atoms with Gasteiger partial charge < -0.3 is 14.6 Å². The molecule has 0 spiro atoms. The summed E-state index contributed by atoms with van der Waals surface area (Å²) in [5, 5.41) is 19.2. The molecule has 0 heterocycles. The summed E-state index contributed by atoms with van der Waals surface area (Å²) in [6.45, 7) is 0.212. The number of carboxylic acids is 1. The number of carbonyl (C=O) groups is 1. The summed E-state index contributed by atoms with van der Waals surface area (Å²) in [5.41, 5.74) is 2.89. The van der Waals surface area contributed by atoms with E-state index in [0.29, 0.717) is 27.7 Å². The van der Waals surface area contributed by atoms with E-state index in [1.807, 2.05) is 12.1 Å². The molecule has 0 aromatic heterocycles. The molecule has 0 unspecified atom stereocenters. The molecule has 0 bridgehead atoms. The second-order valence-corrected chi connectivity index (χ2v) is 6.78. The highest BCUT2D eigenvalue weighted by Crippen LogP contribution is 2.34. The number of allylic oxidation sites excluding steroid dienone is 1. The normalized spacial score (nSPS) is 10.9. The monoisotopic (exact) mass is 419 g/mol. The number of para-hydroxylation sites is 1. The minimum absolute atomic E-state index is 0.210. The Labute approximate surface area is 179 Å². The summed E-state index contributed by atoms with van der Waals surface area (Å²) in [7, 11) is 1.54. The molecule has 0 atom stereocenters. The first-order valence-corrected chi connectivity index (χ1v) is 9.39. The first kappa shape index (κ1) is 21.0. The van der Waals surface area contributed by atoms with Gasteiger partial charge in [-0.3, -0.25) is 0 Å². The van der Waals surface area contributed by atoms with Crippen molar-refractivity contribution in [2.45, 2.75) is 6.61 Å². The molecule has 0 aliphatic rings. The molecule has 3 rings (SSSR count). The van der Waals surface area contributed by atoms with Gasteiger partial charge in [0, 0.05) is 10.6 Å². The van der Waals surface area contributed by atoms with Crippen LogP contribution in [0.3, 0.4) is 0 Å². The topological polar surface area (TPSA) is 79.5 Å². The molecular formula is C24H18ClNO4. The lowest BCUT2D eigenvalue weighted by atomic mass is 10.0. The summed E-state index contributed by atoms with van der Waals surface area (Å²) in [4.78, 5) is 11.0. The van der Waals surface area contributed by atoms with Crippen molar-refractivity contribution in [3.63, 3.8) is 0 Å². The second kappa shape index (κ2) is 9.64. The van der Waals surface area contributed by atoms with Crippen molar-refractivity contribution in [3.8, 4) is 17.6 Å². The highest BCUT2D eigenvalue weighted by molar-refractivity contribution is 6.30. The van der Waals surface area contributed by atoms with Crippen LogP contribution < -0.4 is 9.47 Å². The first-order chi connectivity index (χ1) is 14.5. The van der Waals surface area contributed by atoms with Crippen molar-refractivity contribution in [2.75, 3.05) is 7.11 Å². The van der Waals surface area contributed by atoms with Gasteiger partial charge in [0.2, 0.25) is 0 Å². The molecule has 30 heavy (non-hydrogen) atoms. The Morgan fingerprint density at radius 3 is 2.33 bits per heavy atom. The number of rotatable bonds is 7. The van der Waals surface area contributed by atoms with Crippen LogP contribution in [0.4, 0.5) is 0 Å². The zero-order valence-corrected chi connectivity index (χ0v) is 16.9. The number of hydrogen-bond acceptors (Lipinski definition) is 4. The van der Waals surface area contributed by atoms with E-state index >= 15 is 0 Å². The number of nitriles is 1. The lowest BCUT2D eigenvalue weighted by Crippen LogP contribution is -2.01. The van der Waals surface area contributed by atoms with E-state index in [4.69, 9.17) is 26.2 Å². The number of carboxylic acid groups (broad SMARTS) is 1. The third-order valence-corrected chi connectivity index (χ3v) is 4.64. The van der Waals surface area contributed by atoms with Gasteiger partial charge in [0.1, 0.15) is 6.61 Å². The molecule has 0 saturated heterocycles. The van der Waals surface area contributed by atoms with Gasteiger partial charge in [0.15, 0.2) is 11.5 Å². The summed E-state index contributed by atoms with van der Waals surface area (Å²) in [6.07, 6.45) is 1.73. The average molecular weight is 420 g/mol. The van der Waals surface area contributed by atoms with Crippen LogP contribution in [0.15, 0.2) is 66.7 Å². The predicted octanol–water partition coefficient (Wildman–Crippen LogP) is 5.69. The number of hydrogen-bond donors (Lipinski definition) is 1. The quantitative estimate of drug-likeness (QED) is 0.393. The lowest BCUT2D eigenvalue weighted by Gasteiger charge is -2.14. The van der Waals surface area contributed by atoms with Crippen LogP contribution in [0.25, 0.3) is 11.6 Å². The predicted molar refractivity (Wildman–Crippen MR) is 116 cm³/mol. The first-order valence-electron chi connectivity index (χ1n) is 9.01. The van der Waals surface area contributed by atoms with Crippen LogP contribution in [0.5, 0.6) is 11.5 Å². The van der Waals surface area contributed by atoms with Gasteiger partial charge in [0.05, 0.1) is 24.3 Å². The molecule has 6 heteroatoms. The molecule has 0 aliphatic carbocycles. The van der Waals surface area contributed by atoms with E-state index in [9.17, 15) is 10.1 Å². The number of halogens is 1. The molecule has 150 valence electrons. The smallest absolute Gasteiger partial charge is 0.335 e. The fourth-order valence-corrected chi connectivity index (χ4v) is 2.95. The van der Waals surface area contributed by atoms with E-state index in [2.05, 4.69) is 6.07 Å². The Hall–Kier alpha value is -3.75. The SMILES string of the molecule is COc1cccc(/C=C(/C#N)c2ccc(Cl)cc2)c1OCc1ccc(C(=O)O)cc1. The van der Waals surface area contributed by atoms with Crippen molar-refractivity contribution >= 4 is 29.2 Å². The summed E-state index contributed by atoms with van der Waals surface area (Å²) in [6, 6.07) is 21.1. The van der Waals surface area contributed by atoms with Gasteiger partial charge in [-0.1, -0.05) is 48.0 Å². The van der Waals surface area contributed by atoms with Crippen LogP contribution in [-0.4, -0.2) is 18.2 Å². The van der Waals surface area contributed by atoms with E-state index in [1.165, 1.54) is 12.1 Å². The molecule has 0 radical (unpaired) electrons. The Morgan fingerprint density at radius 2 is 1.73 bits per heavy atom. The number of ether oxygens (including phenoxy) is 2. The van der Waals surface area contributed by atoms with Gasteiger partial charge >= 0.3 is 5.97 Å². The Kier molecular flexibility index (Phi) is 6.74. The van der Waals surface area contributed by atoms with Gasteiger partial charge in [0.25, 0.3) is 0 Å². The Balaban J connectivity index is 1.91. The van der Waals surface area contributed by atoms with E-state index in [-0.39, 0.29) is 12.2 Å². The number of methoxy groups -OCH3 is 1. The van der Waals surface area contributed by atoms with E-state index < -0.39 is 5.97 Å².